The van der Waals surface area contributed by atoms with Gasteiger partial charge in [0, 0.05) is 29.6 Å². The Hall–Kier alpha value is -0.130. The van der Waals surface area contributed by atoms with Crippen LogP contribution in [-0.4, -0.2) is 44.6 Å². The zero-order chi connectivity index (χ0) is 10.9. The Morgan fingerprint density at radius 3 is 2.47 bits per heavy atom. The van der Waals surface area contributed by atoms with E-state index >= 15 is 0 Å². The average molecular weight is 255 g/mol. The lowest BCUT2D eigenvalue weighted by molar-refractivity contribution is -0.132. The van der Waals surface area contributed by atoms with E-state index in [1.807, 2.05) is 13.8 Å². The summed E-state index contributed by atoms with van der Waals surface area (Å²) in [7, 11) is -0.836. The highest BCUT2D eigenvalue weighted by atomic mass is 35.5. The van der Waals surface area contributed by atoms with Crippen LogP contribution in [0, 0.1) is 0 Å². The molecule has 1 heterocycles. The first-order valence-corrected chi connectivity index (χ1v) is 6.09. The van der Waals surface area contributed by atoms with Crippen molar-refractivity contribution in [2.45, 2.75) is 31.6 Å². The molecule has 15 heavy (non-hydrogen) atoms. The number of halogens is 1. The second-order valence-electron chi connectivity index (χ2n) is 4.36. The summed E-state index contributed by atoms with van der Waals surface area (Å²) in [5.41, 5.74) is 5.52. The lowest BCUT2D eigenvalue weighted by Gasteiger charge is -2.37. The van der Waals surface area contributed by atoms with Crippen LogP contribution in [0.1, 0.15) is 20.8 Å². The van der Waals surface area contributed by atoms with Gasteiger partial charge in [-0.15, -0.1) is 12.4 Å². The Morgan fingerprint density at radius 1 is 1.53 bits per heavy atom. The van der Waals surface area contributed by atoms with Crippen LogP contribution in [-0.2, 0) is 15.6 Å². The maximum Gasteiger partial charge on any atom is 0.239 e. The van der Waals surface area contributed by atoms with Gasteiger partial charge in [-0.3, -0.25) is 9.00 Å². The van der Waals surface area contributed by atoms with Crippen molar-refractivity contribution < 1.29 is 9.00 Å². The highest BCUT2D eigenvalue weighted by molar-refractivity contribution is 7.86. The zero-order valence-corrected chi connectivity index (χ0v) is 11.0. The molecule has 2 atom stereocenters. The molecule has 0 saturated carbocycles. The smallest absolute Gasteiger partial charge is 0.239 e. The minimum Gasteiger partial charge on any atom is -0.339 e. The third-order valence-corrected chi connectivity index (χ3v) is 4.35. The summed E-state index contributed by atoms with van der Waals surface area (Å²) in [5.74, 6) is 0.514. The number of rotatable bonds is 1. The summed E-state index contributed by atoms with van der Waals surface area (Å²) in [6.07, 6.45) is 0. The van der Waals surface area contributed by atoms with Crippen LogP contribution in [0.2, 0.25) is 0 Å². The zero-order valence-electron chi connectivity index (χ0n) is 9.36. The minimum absolute atomic E-state index is 0. The van der Waals surface area contributed by atoms with Crippen molar-refractivity contribution >= 4 is 29.1 Å². The first-order valence-electron chi connectivity index (χ1n) is 4.77. The number of carbonyl (C=O) groups is 1. The quantitative estimate of drug-likeness (QED) is 0.723. The second kappa shape index (κ2) is 5.27. The molecular formula is C9H19ClN2O2S. The largest absolute Gasteiger partial charge is 0.339 e. The number of hydrogen-bond donors (Lipinski definition) is 1. The van der Waals surface area contributed by atoms with Gasteiger partial charge in [0.2, 0.25) is 5.91 Å². The van der Waals surface area contributed by atoms with Gasteiger partial charge in [-0.2, -0.15) is 0 Å². The molecule has 0 spiro atoms. The van der Waals surface area contributed by atoms with Gasteiger partial charge in [0.25, 0.3) is 0 Å². The first kappa shape index (κ1) is 14.9. The Labute approximate surface area is 99.4 Å². The summed E-state index contributed by atoms with van der Waals surface area (Å²) in [6, 6.07) is -0.461. The van der Waals surface area contributed by atoms with Gasteiger partial charge >= 0.3 is 0 Å². The predicted molar refractivity (Wildman–Crippen MR) is 64.6 cm³/mol. The topological polar surface area (TPSA) is 63.4 Å². The third kappa shape index (κ3) is 3.43. The molecular weight excluding hydrogens is 236 g/mol. The van der Waals surface area contributed by atoms with Gasteiger partial charge in [-0.1, -0.05) is 0 Å². The van der Waals surface area contributed by atoms with E-state index < -0.39 is 16.8 Å². The van der Waals surface area contributed by atoms with Gasteiger partial charge in [0.1, 0.15) is 0 Å². The van der Waals surface area contributed by atoms with Crippen LogP contribution in [0.5, 0.6) is 0 Å². The predicted octanol–water partition coefficient (Wildman–Crippen LogP) is 0.125. The molecule has 0 aliphatic carbocycles. The Bertz CT molecular complexity index is 269. The van der Waals surface area contributed by atoms with E-state index in [2.05, 4.69) is 0 Å². The molecule has 0 bridgehead atoms. The van der Waals surface area contributed by atoms with E-state index in [0.29, 0.717) is 18.8 Å². The molecule has 90 valence electrons. The SMILES string of the molecule is CC(N)C(=O)N1CCS(=O)C(C)(C)C1.Cl. The summed E-state index contributed by atoms with van der Waals surface area (Å²) >= 11 is 0. The van der Waals surface area contributed by atoms with Gasteiger partial charge in [0.05, 0.1) is 10.8 Å². The van der Waals surface area contributed by atoms with Gasteiger partial charge in [-0.05, 0) is 20.8 Å². The maximum atomic E-state index is 11.6. The average Bonchev–Trinajstić information content (AvgIpc) is 2.08. The van der Waals surface area contributed by atoms with E-state index in [-0.39, 0.29) is 23.1 Å². The summed E-state index contributed by atoms with van der Waals surface area (Å²) in [6.45, 7) is 6.63. The molecule has 1 fully saturated rings. The molecule has 1 amide bonds. The van der Waals surface area contributed by atoms with Gasteiger partial charge < -0.3 is 10.6 Å². The monoisotopic (exact) mass is 254 g/mol. The first-order chi connectivity index (χ1) is 6.34. The van der Waals surface area contributed by atoms with Gasteiger partial charge in [-0.25, -0.2) is 0 Å². The Morgan fingerprint density at radius 2 is 2.07 bits per heavy atom. The number of amides is 1. The van der Waals surface area contributed by atoms with Crippen molar-refractivity contribution in [1.29, 1.82) is 0 Å². The highest BCUT2D eigenvalue weighted by Gasteiger charge is 2.35. The summed E-state index contributed by atoms with van der Waals surface area (Å²) in [5, 5.41) is 0. The molecule has 1 saturated heterocycles. The molecule has 0 aromatic heterocycles. The van der Waals surface area contributed by atoms with Crippen molar-refractivity contribution in [2.24, 2.45) is 5.73 Å². The third-order valence-electron chi connectivity index (χ3n) is 2.44. The van der Waals surface area contributed by atoms with E-state index in [1.54, 1.807) is 11.8 Å². The summed E-state index contributed by atoms with van der Waals surface area (Å²) < 4.78 is 11.3. The molecule has 0 aromatic carbocycles. The Balaban J connectivity index is 0.00000196. The fourth-order valence-corrected chi connectivity index (χ4v) is 2.79. The molecule has 2 unspecified atom stereocenters. The molecule has 1 rings (SSSR count). The molecule has 6 heteroatoms. The van der Waals surface area contributed by atoms with Crippen LogP contribution >= 0.6 is 12.4 Å². The van der Waals surface area contributed by atoms with Crippen LogP contribution in [0.3, 0.4) is 0 Å². The number of nitrogens with two attached hydrogens (primary N) is 1. The van der Waals surface area contributed by atoms with E-state index in [9.17, 15) is 9.00 Å². The van der Waals surface area contributed by atoms with Crippen LogP contribution in [0.15, 0.2) is 0 Å². The second-order valence-corrected chi connectivity index (χ2v) is 6.56. The number of carbonyl (C=O) groups excluding carboxylic acids is 1. The standard InChI is InChI=1S/C9H18N2O2S.ClH/c1-7(10)8(12)11-4-5-14(13)9(2,3)6-11;/h7H,4-6,10H2,1-3H3;1H. The number of nitrogens with zero attached hydrogens (tertiary/aromatic N) is 1. The molecule has 2 N–H and O–H groups in total. The van der Waals surface area contributed by atoms with E-state index in [1.165, 1.54) is 0 Å². The van der Waals surface area contributed by atoms with E-state index in [4.69, 9.17) is 5.73 Å². The van der Waals surface area contributed by atoms with Crippen LogP contribution in [0.4, 0.5) is 0 Å². The molecule has 4 nitrogen and oxygen atoms in total. The fraction of sp³-hybridized carbons (Fsp3) is 0.889. The number of hydrogen-bond acceptors (Lipinski definition) is 3. The lowest BCUT2D eigenvalue weighted by atomic mass is 10.1. The Kier molecular flexibility index (Phi) is 5.23. The van der Waals surface area contributed by atoms with Crippen LogP contribution < -0.4 is 5.73 Å². The van der Waals surface area contributed by atoms with Crippen molar-refractivity contribution in [3.05, 3.63) is 0 Å². The highest BCUT2D eigenvalue weighted by Crippen LogP contribution is 2.20. The molecule has 0 radical (unpaired) electrons. The lowest BCUT2D eigenvalue weighted by Crippen LogP contribution is -2.55. The fourth-order valence-electron chi connectivity index (χ4n) is 1.56. The maximum absolute atomic E-state index is 11.6. The van der Waals surface area contributed by atoms with Crippen molar-refractivity contribution in [2.75, 3.05) is 18.8 Å². The van der Waals surface area contributed by atoms with Crippen molar-refractivity contribution in [3.63, 3.8) is 0 Å². The minimum atomic E-state index is -0.836. The molecule has 1 aliphatic heterocycles. The van der Waals surface area contributed by atoms with Crippen LogP contribution in [0.25, 0.3) is 0 Å². The summed E-state index contributed by atoms with van der Waals surface area (Å²) in [4.78, 5) is 13.3. The van der Waals surface area contributed by atoms with E-state index in [0.717, 1.165) is 0 Å². The normalized spacial score (nSPS) is 26.7. The van der Waals surface area contributed by atoms with Gasteiger partial charge in [0.15, 0.2) is 0 Å². The van der Waals surface area contributed by atoms with Crippen molar-refractivity contribution in [1.82, 2.24) is 4.90 Å². The van der Waals surface area contributed by atoms with Crippen molar-refractivity contribution in [3.8, 4) is 0 Å². The molecule has 0 aromatic rings. The molecule has 1 aliphatic rings.